The SMILES string of the molecule is CN=C(NCCc1nc(C(C)(C)C)cs1)N(C)Cc1ccccc1. The number of nitrogens with zero attached hydrogens (tertiary/aromatic N) is 3. The lowest BCUT2D eigenvalue weighted by atomic mass is 9.93. The van der Waals surface area contributed by atoms with Crippen molar-refractivity contribution >= 4 is 17.3 Å². The fraction of sp³-hybridized carbons (Fsp3) is 0.474. The summed E-state index contributed by atoms with van der Waals surface area (Å²) in [6, 6.07) is 10.4. The highest BCUT2D eigenvalue weighted by molar-refractivity contribution is 7.09. The number of rotatable bonds is 5. The van der Waals surface area contributed by atoms with Gasteiger partial charge >= 0.3 is 0 Å². The normalized spacial score (nSPS) is 12.3. The van der Waals surface area contributed by atoms with Crippen LogP contribution in [-0.2, 0) is 18.4 Å². The lowest BCUT2D eigenvalue weighted by Crippen LogP contribution is -2.39. The number of nitrogens with one attached hydrogen (secondary N) is 1. The second-order valence-electron chi connectivity index (χ2n) is 6.94. The molecule has 0 spiro atoms. The Bertz CT molecular complexity index is 656. The fourth-order valence-electron chi connectivity index (χ4n) is 2.37. The van der Waals surface area contributed by atoms with Crippen LogP contribution in [0.4, 0.5) is 0 Å². The molecule has 2 aromatic rings. The van der Waals surface area contributed by atoms with Gasteiger partial charge in [0.15, 0.2) is 5.96 Å². The molecule has 2 rings (SSSR count). The summed E-state index contributed by atoms with van der Waals surface area (Å²) < 4.78 is 0. The van der Waals surface area contributed by atoms with Gasteiger partial charge < -0.3 is 10.2 Å². The van der Waals surface area contributed by atoms with Crippen LogP contribution in [-0.4, -0.2) is 36.5 Å². The van der Waals surface area contributed by atoms with Crippen molar-refractivity contribution in [2.75, 3.05) is 20.6 Å². The summed E-state index contributed by atoms with van der Waals surface area (Å²) in [7, 11) is 3.88. The molecule has 0 atom stereocenters. The molecular weight excluding hydrogens is 316 g/mol. The first-order valence-corrected chi connectivity index (χ1v) is 9.18. The quantitative estimate of drug-likeness (QED) is 0.664. The Kier molecular flexibility index (Phi) is 6.37. The first-order valence-electron chi connectivity index (χ1n) is 8.30. The van der Waals surface area contributed by atoms with Crippen LogP contribution in [0.2, 0.25) is 0 Å². The van der Waals surface area contributed by atoms with Crippen LogP contribution < -0.4 is 5.32 Å². The van der Waals surface area contributed by atoms with Gasteiger partial charge in [0.05, 0.1) is 10.7 Å². The number of thiazole rings is 1. The highest BCUT2D eigenvalue weighted by Crippen LogP contribution is 2.23. The molecule has 1 aromatic heterocycles. The zero-order chi connectivity index (χ0) is 17.6. The fourth-order valence-corrected chi connectivity index (χ4v) is 3.39. The molecule has 0 saturated carbocycles. The minimum Gasteiger partial charge on any atom is -0.356 e. The minimum atomic E-state index is 0.119. The number of aliphatic imine (C=N–C) groups is 1. The lowest BCUT2D eigenvalue weighted by Gasteiger charge is -2.22. The molecule has 0 bridgehead atoms. The highest BCUT2D eigenvalue weighted by atomic mass is 32.1. The summed E-state index contributed by atoms with van der Waals surface area (Å²) in [5, 5.41) is 6.78. The Labute approximate surface area is 149 Å². The Morgan fingerprint density at radius 1 is 1.25 bits per heavy atom. The Hall–Kier alpha value is -1.88. The van der Waals surface area contributed by atoms with Gasteiger partial charge in [-0.1, -0.05) is 51.1 Å². The number of aromatic nitrogens is 1. The molecule has 1 N–H and O–H groups in total. The topological polar surface area (TPSA) is 40.5 Å². The first-order chi connectivity index (χ1) is 11.4. The summed E-state index contributed by atoms with van der Waals surface area (Å²) in [6.07, 6.45) is 0.916. The van der Waals surface area contributed by atoms with E-state index in [0.29, 0.717) is 0 Å². The third-order valence-corrected chi connectivity index (χ3v) is 4.69. The van der Waals surface area contributed by atoms with Crippen molar-refractivity contribution in [2.45, 2.75) is 39.2 Å². The van der Waals surface area contributed by atoms with Gasteiger partial charge in [0.1, 0.15) is 0 Å². The van der Waals surface area contributed by atoms with E-state index < -0.39 is 0 Å². The first kappa shape index (κ1) is 18.5. The lowest BCUT2D eigenvalue weighted by molar-refractivity contribution is 0.477. The predicted molar refractivity (Wildman–Crippen MR) is 104 cm³/mol. The average molecular weight is 345 g/mol. The predicted octanol–water partition coefficient (Wildman–Crippen LogP) is 3.69. The molecule has 1 heterocycles. The van der Waals surface area contributed by atoms with Crippen LogP contribution in [0.1, 0.15) is 37.0 Å². The van der Waals surface area contributed by atoms with Gasteiger partial charge in [0.25, 0.3) is 0 Å². The van der Waals surface area contributed by atoms with Crippen molar-refractivity contribution in [2.24, 2.45) is 4.99 Å². The summed E-state index contributed by atoms with van der Waals surface area (Å²) >= 11 is 1.74. The molecule has 0 aliphatic heterocycles. The Morgan fingerprint density at radius 2 is 1.96 bits per heavy atom. The van der Waals surface area contributed by atoms with Crippen molar-refractivity contribution in [1.29, 1.82) is 0 Å². The van der Waals surface area contributed by atoms with Crippen LogP contribution in [0.3, 0.4) is 0 Å². The molecule has 0 amide bonds. The molecular formula is C19H28N4S. The van der Waals surface area contributed by atoms with Gasteiger partial charge in [-0.25, -0.2) is 4.98 Å². The van der Waals surface area contributed by atoms with Gasteiger partial charge in [-0.15, -0.1) is 11.3 Å². The maximum atomic E-state index is 4.74. The summed E-state index contributed by atoms with van der Waals surface area (Å²) in [4.78, 5) is 11.3. The van der Waals surface area contributed by atoms with E-state index in [2.05, 4.69) is 72.7 Å². The van der Waals surface area contributed by atoms with E-state index in [-0.39, 0.29) is 5.41 Å². The zero-order valence-electron chi connectivity index (χ0n) is 15.3. The second kappa shape index (κ2) is 8.29. The van der Waals surface area contributed by atoms with E-state index in [9.17, 15) is 0 Å². The monoisotopic (exact) mass is 344 g/mol. The van der Waals surface area contributed by atoms with Gasteiger partial charge in [-0.05, 0) is 5.56 Å². The number of hydrogen-bond donors (Lipinski definition) is 1. The third kappa shape index (κ3) is 5.34. The molecule has 5 heteroatoms. The largest absolute Gasteiger partial charge is 0.356 e. The van der Waals surface area contributed by atoms with E-state index in [1.165, 1.54) is 16.3 Å². The molecule has 130 valence electrons. The average Bonchev–Trinajstić information content (AvgIpc) is 3.01. The summed E-state index contributed by atoms with van der Waals surface area (Å²) in [5.74, 6) is 0.909. The standard InChI is InChI=1S/C19H28N4S/c1-19(2,3)16-14-24-17(22-16)11-12-21-18(20-4)23(5)13-15-9-7-6-8-10-15/h6-10,14H,11-13H2,1-5H3,(H,20,21). The van der Waals surface area contributed by atoms with E-state index in [1.54, 1.807) is 11.3 Å². The maximum Gasteiger partial charge on any atom is 0.193 e. The van der Waals surface area contributed by atoms with Crippen molar-refractivity contribution < 1.29 is 0 Å². The zero-order valence-corrected chi connectivity index (χ0v) is 16.2. The highest BCUT2D eigenvalue weighted by Gasteiger charge is 2.17. The van der Waals surface area contributed by atoms with Crippen molar-refractivity contribution in [1.82, 2.24) is 15.2 Å². The molecule has 0 saturated heterocycles. The molecule has 0 radical (unpaired) electrons. The second-order valence-corrected chi connectivity index (χ2v) is 7.88. The smallest absolute Gasteiger partial charge is 0.193 e. The Balaban J connectivity index is 1.84. The minimum absolute atomic E-state index is 0.119. The van der Waals surface area contributed by atoms with Crippen molar-refractivity contribution in [3.05, 3.63) is 52.0 Å². The summed E-state index contributed by atoms with van der Waals surface area (Å²) in [6.45, 7) is 8.27. The van der Waals surface area contributed by atoms with Gasteiger partial charge in [-0.2, -0.15) is 0 Å². The van der Waals surface area contributed by atoms with Crippen LogP contribution in [0.15, 0.2) is 40.7 Å². The van der Waals surface area contributed by atoms with Crippen molar-refractivity contribution in [3.63, 3.8) is 0 Å². The molecule has 4 nitrogen and oxygen atoms in total. The molecule has 0 unspecified atom stereocenters. The van der Waals surface area contributed by atoms with Crippen LogP contribution >= 0.6 is 11.3 Å². The van der Waals surface area contributed by atoms with Gasteiger partial charge in [-0.3, -0.25) is 4.99 Å². The maximum absolute atomic E-state index is 4.74. The molecule has 0 aliphatic rings. The van der Waals surface area contributed by atoms with E-state index >= 15 is 0 Å². The van der Waals surface area contributed by atoms with Crippen molar-refractivity contribution in [3.8, 4) is 0 Å². The van der Waals surface area contributed by atoms with Crippen LogP contribution in [0, 0.1) is 0 Å². The van der Waals surface area contributed by atoms with Gasteiger partial charge in [0.2, 0.25) is 0 Å². The van der Waals surface area contributed by atoms with Gasteiger partial charge in [0, 0.05) is 44.4 Å². The number of guanidine groups is 1. The molecule has 24 heavy (non-hydrogen) atoms. The summed E-state index contributed by atoms with van der Waals surface area (Å²) in [5.41, 5.74) is 2.57. The third-order valence-electron chi connectivity index (χ3n) is 3.78. The number of hydrogen-bond acceptors (Lipinski definition) is 3. The molecule has 0 fully saturated rings. The van der Waals surface area contributed by atoms with Crippen LogP contribution in [0.5, 0.6) is 0 Å². The van der Waals surface area contributed by atoms with E-state index in [4.69, 9.17) is 4.98 Å². The number of benzene rings is 1. The molecule has 1 aromatic carbocycles. The van der Waals surface area contributed by atoms with E-state index in [0.717, 1.165) is 25.5 Å². The van der Waals surface area contributed by atoms with E-state index in [1.807, 2.05) is 13.1 Å². The van der Waals surface area contributed by atoms with Crippen LogP contribution in [0.25, 0.3) is 0 Å². The Morgan fingerprint density at radius 3 is 2.54 bits per heavy atom. The molecule has 0 aliphatic carbocycles.